The fourth-order valence-corrected chi connectivity index (χ4v) is 1.70. The van der Waals surface area contributed by atoms with E-state index in [0.29, 0.717) is 5.92 Å². The maximum atomic E-state index is 5.36. The van der Waals surface area contributed by atoms with Gasteiger partial charge in [-0.2, -0.15) is 0 Å². The summed E-state index contributed by atoms with van der Waals surface area (Å²) in [5.41, 5.74) is 1.18. The lowest BCUT2D eigenvalue weighted by Gasteiger charge is -2.16. The number of hydrogen-bond donors (Lipinski definition) is 1. The molecule has 1 aromatic carbocycles. The standard InChI is InChI=1S/C13H21NO2/c1-5-14-9-10(2)12-8-11(15-3)6-7-13(12)16-4/h6-8,10,14H,5,9H2,1-4H3. The second-order valence-electron chi connectivity index (χ2n) is 3.82. The van der Waals surface area contributed by atoms with Gasteiger partial charge in [0.05, 0.1) is 14.2 Å². The molecule has 0 aromatic heterocycles. The summed E-state index contributed by atoms with van der Waals surface area (Å²) in [4.78, 5) is 0. The zero-order valence-corrected chi connectivity index (χ0v) is 10.5. The number of likely N-dealkylation sites (N-methyl/N-ethyl adjacent to an activating group) is 1. The Bertz CT molecular complexity index is 326. The van der Waals surface area contributed by atoms with E-state index < -0.39 is 0 Å². The highest BCUT2D eigenvalue weighted by atomic mass is 16.5. The number of rotatable bonds is 6. The molecule has 90 valence electrons. The Morgan fingerprint density at radius 3 is 2.56 bits per heavy atom. The Labute approximate surface area is 97.8 Å². The van der Waals surface area contributed by atoms with Crippen molar-refractivity contribution < 1.29 is 9.47 Å². The molecular weight excluding hydrogens is 202 g/mol. The van der Waals surface area contributed by atoms with Crippen LogP contribution in [-0.2, 0) is 0 Å². The fourth-order valence-electron chi connectivity index (χ4n) is 1.70. The van der Waals surface area contributed by atoms with E-state index in [1.807, 2.05) is 18.2 Å². The fraction of sp³-hybridized carbons (Fsp3) is 0.538. The molecule has 1 atom stereocenters. The average Bonchev–Trinajstić information content (AvgIpc) is 2.35. The first-order chi connectivity index (χ1) is 7.72. The third-order valence-corrected chi connectivity index (χ3v) is 2.67. The molecule has 16 heavy (non-hydrogen) atoms. The van der Waals surface area contributed by atoms with Gasteiger partial charge in [-0.3, -0.25) is 0 Å². The van der Waals surface area contributed by atoms with Crippen molar-refractivity contribution in [1.82, 2.24) is 5.32 Å². The van der Waals surface area contributed by atoms with Gasteiger partial charge in [-0.05, 0) is 30.7 Å². The van der Waals surface area contributed by atoms with E-state index in [9.17, 15) is 0 Å². The van der Waals surface area contributed by atoms with E-state index in [4.69, 9.17) is 9.47 Å². The third-order valence-electron chi connectivity index (χ3n) is 2.67. The lowest BCUT2D eigenvalue weighted by molar-refractivity contribution is 0.395. The second kappa shape index (κ2) is 6.38. The minimum atomic E-state index is 0.407. The Morgan fingerprint density at radius 2 is 2.00 bits per heavy atom. The zero-order chi connectivity index (χ0) is 12.0. The number of hydrogen-bond acceptors (Lipinski definition) is 3. The van der Waals surface area contributed by atoms with Crippen LogP contribution in [0.5, 0.6) is 11.5 Å². The smallest absolute Gasteiger partial charge is 0.122 e. The molecule has 0 aliphatic heterocycles. The van der Waals surface area contributed by atoms with Crippen LogP contribution in [0.2, 0.25) is 0 Å². The van der Waals surface area contributed by atoms with Crippen molar-refractivity contribution in [2.75, 3.05) is 27.3 Å². The Kier molecular flexibility index (Phi) is 5.12. The second-order valence-corrected chi connectivity index (χ2v) is 3.82. The SMILES string of the molecule is CCNCC(C)c1cc(OC)ccc1OC. The summed E-state index contributed by atoms with van der Waals surface area (Å²) in [6.45, 7) is 6.21. The van der Waals surface area contributed by atoms with Gasteiger partial charge in [-0.25, -0.2) is 0 Å². The van der Waals surface area contributed by atoms with Gasteiger partial charge in [0.1, 0.15) is 11.5 Å². The lowest BCUT2D eigenvalue weighted by atomic mass is 9.99. The molecule has 1 rings (SSSR count). The molecule has 0 bridgehead atoms. The third kappa shape index (κ3) is 3.14. The monoisotopic (exact) mass is 223 g/mol. The molecule has 1 unspecified atom stereocenters. The van der Waals surface area contributed by atoms with E-state index in [2.05, 4.69) is 19.2 Å². The van der Waals surface area contributed by atoms with Gasteiger partial charge in [0.15, 0.2) is 0 Å². The molecule has 0 amide bonds. The van der Waals surface area contributed by atoms with E-state index in [1.165, 1.54) is 5.56 Å². The Balaban J connectivity index is 2.89. The van der Waals surface area contributed by atoms with Crippen LogP contribution in [0.25, 0.3) is 0 Å². The maximum Gasteiger partial charge on any atom is 0.122 e. The van der Waals surface area contributed by atoms with Crippen molar-refractivity contribution in [3.8, 4) is 11.5 Å². The zero-order valence-electron chi connectivity index (χ0n) is 10.5. The summed E-state index contributed by atoms with van der Waals surface area (Å²) < 4.78 is 10.6. The van der Waals surface area contributed by atoms with Crippen LogP contribution in [0.4, 0.5) is 0 Å². The topological polar surface area (TPSA) is 30.5 Å². The number of ether oxygens (including phenoxy) is 2. The highest BCUT2D eigenvalue weighted by Gasteiger charge is 2.12. The van der Waals surface area contributed by atoms with Gasteiger partial charge in [0.2, 0.25) is 0 Å². The van der Waals surface area contributed by atoms with Gasteiger partial charge in [0.25, 0.3) is 0 Å². The van der Waals surface area contributed by atoms with Gasteiger partial charge < -0.3 is 14.8 Å². The van der Waals surface area contributed by atoms with Crippen LogP contribution in [0.3, 0.4) is 0 Å². The minimum Gasteiger partial charge on any atom is -0.497 e. The quantitative estimate of drug-likeness (QED) is 0.803. The molecule has 1 N–H and O–H groups in total. The van der Waals surface area contributed by atoms with Crippen LogP contribution in [0.1, 0.15) is 25.3 Å². The minimum absolute atomic E-state index is 0.407. The van der Waals surface area contributed by atoms with Crippen molar-refractivity contribution in [2.45, 2.75) is 19.8 Å². The molecule has 0 radical (unpaired) electrons. The highest BCUT2D eigenvalue weighted by Crippen LogP contribution is 2.29. The number of benzene rings is 1. The summed E-state index contributed by atoms with van der Waals surface area (Å²) in [6, 6.07) is 5.92. The number of methoxy groups -OCH3 is 2. The first-order valence-electron chi connectivity index (χ1n) is 5.65. The van der Waals surface area contributed by atoms with Crippen molar-refractivity contribution in [3.05, 3.63) is 23.8 Å². The van der Waals surface area contributed by atoms with E-state index in [0.717, 1.165) is 24.6 Å². The molecule has 1 aromatic rings. The van der Waals surface area contributed by atoms with Gasteiger partial charge in [0, 0.05) is 12.1 Å². The number of nitrogens with one attached hydrogen (secondary N) is 1. The van der Waals surface area contributed by atoms with E-state index in [-0.39, 0.29) is 0 Å². The molecule has 3 nitrogen and oxygen atoms in total. The van der Waals surface area contributed by atoms with Gasteiger partial charge in [-0.1, -0.05) is 13.8 Å². The first-order valence-corrected chi connectivity index (χ1v) is 5.65. The molecule has 0 fully saturated rings. The van der Waals surface area contributed by atoms with Crippen LogP contribution < -0.4 is 14.8 Å². The Hall–Kier alpha value is -1.22. The molecule has 0 aliphatic rings. The molecular formula is C13H21NO2. The van der Waals surface area contributed by atoms with Crippen LogP contribution in [0, 0.1) is 0 Å². The summed E-state index contributed by atoms with van der Waals surface area (Å²) in [5.74, 6) is 2.20. The highest BCUT2D eigenvalue weighted by molar-refractivity contribution is 5.42. The largest absolute Gasteiger partial charge is 0.497 e. The summed E-state index contributed by atoms with van der Waals surface area (Å²) in [5, 5.41) is 3.34. The van der Waals surface area contributed by atoms with Crippen LogP contribution in [-0.4, -0.2) is 27.3 Å². The van der Waals surface area contributed by atoms with Crippen LogP contribution >= 0.6 is 0 Å². The molecule has 0 saturated carbocycles. The van der Waals surface area contributed by atoms with Crippen molar-refractivity contribution in [1.29, 1.82) is 0 Å². The molecule has 0 aliphatic carbocycles. The summed E-state index contributed by atoms with van der Waals surface area (Å²) in [6.07, 6.45) is 0. The Morgan fingerprint density at radius 1 is 1.25 bits per heavy atom. The van der Waals surface area contributed by atoms with Crippen molar-refractivity contribution >= 4 is 0 Å². The summed E-state index contributed by atoms with van der Waals surface area (Å²) in [7, 11) is 3.38. The van der Waals surface area contributed by atoms with E-state index in [1.54, 1.807) is 14.2 Å². The van der Waals surface area contributed by atoms with Crippen molar-refractivity contribution in [3.63, 3.8) is 0 Å². The normalized spacial score (nSPS) is 12.2. The van der Waals surface area contributed by atoms with E-state index >= 15 is 0 Å². The maximum absolute atomic E-state index is 5.36. The first kappa shape index (κ1) is 12.8. The molecule has 0 spiro atoms. The van der Waals surface area contributed by atoms with Gasteiger partial charge >= 0.3 is 0 Å². The van der Waals surface area contributed by atoms with Crippen molar-refractivity contribution in [2.24, 2.45) is 0 Å². The summed E-state index contributed by atoms with van der Waals surface area (Å²) >= 11 is 0. The van der Waals surface area contributed by atoms with Crippen LogP contribution in [0.15, 0.2) is 18.2 Å². The molecule has 3 heteroatoms. The average molecular weight is 223 g/mol. The lowest BCUT2D eigenvalue weighted by Crippen LogP contribution is -2.19. The predicted octanol–water partition coefficient (Wildman–Crippen LogP) is 2.42. The predicted molar refractivity (Wildman–Crippen MR) is 66.5 cm³/mol. The molecule has 0 saturated heterocycles. The van der Waals surface area contributed by atoms with Gasteiger partial charge in [-0.15, -0.1) is 0 Å². The molecule has 0 heterocycles.